The second kappa shape index (κ2) is 5.77. The summed E-state index contributed by atoms with van der Waals surface area (Å²) in [5.41, 5.74) is 1.16. The highest BCUT2D eigenvalue weighted by Crippen LogP contribution is 2.37. The van der Waals surface area contributed by atoms with E-state index >= 15 is 0 Å². The van der Waals surface area contributed by atoms with E-state index < -0.39 is 23.4 Å². The number of halogens is 3. The lowest BCUT2D eigenvalue weighted by Gasteiger charge is -2.23. The fraction of sp³-hybridized carbons (Fsp3) is 0.111. The lowest BCUT2D eigenvalue weighted by molar-refractivity contribution is -0.116. The van der Waals surface area contributed by atoms with Crippen LogP contribution in [0.1, 0.15) is 23.6 Å². The Balaban J connectivity index is 1.84. The molecule has 7 heteroatoms. The van der Waals surface area contributed by atoms with E-state index in [0.717, 1.165) is 12.1 Å². The van der Waals surface area contributed by atoms with Crippen LogP contribution >= 0.6 is 0 Å². The average molecular weight is 343 g/mol. The first-order valence-electron chi connectivity index (χ1n) is 7.61. The van der Waals surface area contributed by atoms with Crippen molar-refractivity contribution < 1.29 is 18.0 Å². The molecule has 4 nitrogen and oxygen atoms in total. The summed E-state index contributed by atoms with van der Waals surface area (Å²) in [6, 6.07) is 9.60. The largest absolute Gasteiger partial charge is 0.310 e. The summed E-state index contributed by atoms with van der Waals surface area (Å²) >= 11 is 0. The van der Waals surface area contributed by atoms with E-state index in [2.05, 4.69) is 10.3 Å². The number of imidazole rings is 1. The van der Waals surface area contributed by atoms with E-state index in [4.69, 9.17) is 0 Å². The van der Waals surface area contributed by atoms with Crippen LogP contribution in [0, 0.1) is 17.5 Å². The Bertz CT molecular complexity index is 983. The van der Waals surface area contributed by atoms with Gasteiger partial charge in [-0.2, -0.15) is 0 Å². The number of amides is 1. The molecule has 0 fully saturated rings. The number of benzene rings is 2. The van der Waals surface area contributed by atoms with Crippen LogP contribution in [0.2, 0.25) is 0 Å². The third kappa shape index (κ3) is 2.57. The van der Waals surface area contributed by atoms with E-state index in [0.29, 0.717) is 17.1 Å². The van der Waals surface area contributed by atoms with Crippen molar-refractivity contribution in [2.75, 3.05) is 5.32 Å². The van der Waals surface area contributed by atoms with Gasteiger partial charge in [0.15, 0.2) is 11.6 Å². The second-order valence-corrected chi connectivity index (χ2v) is 5.78. The maximum absolute atomic E-state index is 14.1. The standard InChI is InChI=1S/C18H12F3N3O/c19-12-6-5-10(7-14(12)21)11-8-16(25)23-18-17(11)22-9-24(18)15-4-2-1-3-13(15)20/h1-7,9,11H,8H2,(H,23,25). The Morgan fingerprint density at radius 2 is 1.84 bits per heavy atom. The van der Waals surface area contributed by atoms with Gasteiger partial charge in [0.2, 0.25) is 5.91 Å². The molecule has 25 heavy (non-hydrogen) atoms. The van der Waals surface area contributed by atoms with Crippen molar-refractivity contribution in [2.45, 2.75) is 12.3 Å². The zero-order valence-corrected chi connectivity index (χ0v) is 12.8. The molecule has 0 bridgehead atoms. The summed E-state index contributed by atoms with van der Waals surface area (Å²) in [5.74, 6) is -2.92. The maximum Gasteiger partial charge on any atom is 0.226 e. The summed E-state index contributed by atoms with van der Waals surface area (Å²) in [7, 11) is 0. The molecule has 0 saturated heterocycles. The van der Waals surface area contributed by atoms with Crippen LogP contribution in [-0.4, -0.2) is 15.5 Å². The molecule has 0 aliphatic carbocycles. The quantitative estimate of drug-likeness (QED) is 0.770. The number of carbonyl (C=O) groups excluding carboxylic acids is 1. The normalized spacial score (nSPS) is 16.4. The van der Waals surface area contributed by atoms with Crippen molar-refractivity contribution in [3.05, 3.63) is 77.5 Å². The number of nitrogens with one attached hydrogen (secondary N) is 1. The van der Waals surface area contributed by atoms with Crippen molar-refractivity contribution in [1.82, 2.24) is 9.55 Å². The summed E-state index contributed by atoms with van der Waals surface area (Å²) in [6.07, 6.45) is 1.45. The highest BCUT2D eigenvalue weighted by Gasteiger charge is 2.31. The number of carbonyl (C=O) groups is 1. The van der Waals surface area contributed by atoms with Crippen LogP contribution < -0.4 is 5.32 Å². The molecule has 2 heterocycles. The number of rotatable bonds is 2. The predicted molar refractivity (Wildman–Crippen MR) is 85.0 cm³/mol. The van der Waals surface area contributed by atoms with Gasteiger partial charge in [0, 0.05) is 12.3 Å². The smallest absolute Gasteiger partial charge is 0.226 e. The number of para-hydroxylation sites is 1. The first-order valence-corrected chi connectivity index (χ1v) is 7.61. The van der Waals surface area contributed by atoms with Gasteiger partial charge in [-0.15, -0.1) is 0 Å². The molecule has 0 radical (unpaired) electrons. The van der Waals surface area contributed by atoms with Crippen LogP contribution in [0.4, 0.5) is 19.0 Å². The number of hydrogen-bond donors (Lipinski definition) is 1. The van der Waals surface area contributed by atoms with Crippen molar-refractivity contribution in [3.63, 3.8) is 0 Å². The molecule has 126 valence electrons. The van der Waals surface area contributed by atoms with Gasteiger partial charge in [-0.25, -0.2) is 18.2 Å². The van der Waals surface area contributed by atoms with Gasteiger partial charge in [-0.3, -0.25) is 9.36 Å². The fourth-order valence-electron chi connectivity index (χ4n) is 3.04. The van der Waals surface area contributed by atoms with Crippen molar-refractivity contribution in [2.24, 2.45) is 0 Å². The lowest BCUT2D eigenvalue weighted by Crippen LogP contribution is -2.25. The molecule has 1 N–H and O–H groups in total. The highest BCUT2D eigenvalue weighted by molar-refractivity contribution is 5.94. The molecule has 1 aliphatic heterocycles. The molecule has 1 amide bonds. The minimum absolute atomic E-state index is 0.0480. The molecule has 1 unspecified atom stereocenters. The summed E-state index contributed by atoms with van der Waals surface area (Å²) in [4.78, 5) is 16.4. The average Bonchev–Trinajstić information content (AvgIpc) is 3.00. The Labute approximate surface area is 140 Å². The molecule has 3 aromatic rings. The minimum atomic E-state index is -0.987. The van der Waals surface area contributed by atoms with E-state index in [1.54, 1.807) is 18.2 Å². The molecule has 0 saturated carbocycles. The van der Waals surface area contributed by atoms with Gasteiger partial charge in [-0.1, -0.05) is 18.2 Å². The second-order valence-electron chi connectivity index (χ2n) is 5.78. The van der Waals surface area contributed by atoms with Gasteiger partial charge in [-0.05, 0) is 29.8 Å². The topological polar surface area (TPSA) is 46.9 Å². The summed E-state index contributed by atoms with van der Waals surface area (Å²) < 4.78 is 42.3. The van der Waals surface area contributed by atoms with Crippen LogP contribution in [-0.2, 0) is 4.79 Å². The molecule has 0 spiro atoms. The molecule has 4 rings (SSSR count). The van der Waals surface area contributed by atoms with Gasteiger partial charge in [0.25, 0.3) is 0 Å². The van der Waals surface area contributed by atoms with Crippen molar-refractivity contribution >= 4 is 11.7 Å². The van der Waals surface area contributed by atoms with Gasteiger partial charge in [0.05, 0.1) is 11.4 Å². The van der Waals surface area contributed by atoms with Crippen molar-refractivity contribution in [3.8, 4) is 5.69 Å². The summed E-state index contributed by atoms with van der Waals surface area (Å²) in [6.45, 7) is 0. The van der Waals surface area contributed by atoms with E-state index in [-0.39, 0.29) is 18.0 Å². The highest BCUT2D eigenvalue weighted by atomic mass is 19.2. The van der Waals surface area contributed by atoms with Crippen molar-refractivity contribution in [1.29, 1.82) is 0 Å². The van der Waals surface area contributed by atoms with E-state index in [9.17, 15) is 18.0 Å². The molecule has 1 aliphatic rings. The van der Waals surface area contributed by atoms with Gasteiger partial charge >= 0.3 is 0 Å². The Kier molecular flexibility index (Phi) is 3.56. The zero-order valence-electron chi connectivity index (χ0n) is 12.8. The third-order valence-corrected chi connectivity index (χ3v) is 4.23. The van der Waals surface area contributed by atoms with Crippen LogP contribution in [0.25, 0.3) is 5.69 Å². The molecule has 2 aromatic carbocycles. The minimum Gasteiger partial charge on any atom is -0.310 e. The lowest BCUT2D eigenvalue weighted by atomic mass is 9.89. The third-order valence-electron chi connectivity index (χ3n) is 4.23. The Morgan fingerprint density at radius 3 is 2.60 bits per heavy atom. The molecular weight excluding hydrogens is 331 g/mol. The predicted octanol–water partition coefficient (Wildman–Crippen LogP) is 3.76. The van der Waals surface area contributed by atoms with Crippen LogP contribution in [0.3, 0.4) is 0 Å². The van der Waals surface area contributed by atoms with Crippen LogP contribution in [0.15, 0.2) is 48.8 Å². The molecule has 1 aromatic heterocycles. The van der Waals surface area contributed by atoms with E-state index in [1.165, 1.54) is 23.0 Å². The first kappa shape index (κ1) is 15.4. The molecule has 1 atom stereocenters. The number of fused-ring (bicyclic) bond motifs is 1. The Hall–Kier alpha value is -3.09. The number of aromatic nitrogens is 2. The number of nitrogens with zero attached hydrogens (tertiary/aromatic N) is 2. The SMILES string of the molecule is O=C1CC(c2ccc(F)c(F)c2)c2ncn(-c3ccccc3F)c2N1. The number of anilines is 1. The Morgan fingerprint density at radius 1 is 1.04 bits per heavy atom. The maximum atomic E-state index is 14.1. The van der Waals surface area contributed by atoms with Crippen LogP contribution in [0.5, 0.6) is 0 Å². The van der Waals surface area contributed by atoms with Gasteiger partial charge in [0.1, 0.15) is 18.0 Å². The zero-order chi connectivity index (χ0) is 17.6. The van der Waals surface area contributed by atoms with E-state index in [1.807, 2.05) is 0 Å². The first-order chi connectivity index (χ1) is 12.0. The molecular formula is C18H12F3N3O. The number of hydrogen-bond acceptors (Lipinski definition) is 2. The fourth-order valence-corrected chi connectivity index (χ4v) is 3.04. The monoisotopic (exact) mass is 343 g/mol. The van der Waals surface area contributed by atoms with Gasteiger partial charge < -0.3 is 5.32 Å². The summed E-state index contributed by atoms with van der Waals surface area (Å²) in [5, 5.41) is 2.69.